The predicted molar refractivity (Wildman–Crippen MR) is 136 cm³/mol. The van der Waals surface area contributed by atoms with Crippen LogP contribution in [0, 0.1) is 6.92 Å². The highest BCUT2D eigenvalue weighted by Gasteiger charge is 2.26. The van der Waals surface area contributed by atoms with Crippen LogP contribution >= 0.6 is 11.3 Å². The Morgan fingerprint density at radius 1 is 1.21 bits per heavy atom. The lowest BCUT2D eigenvalue weighted by Crippen LogP contribution is -2.39. The van der Waals surface area contributed by atoms with Gasteiger partial charge in [0, 0.05) is 39.8 Å². The number of nitrogens with one attached hydrogen (secondary N) is 1. The van der Waals surface area contributed by atoms with Gasteiger partial charge in [-0.3, -0.25) is 14.7 Å². The third kappa shape index (κ3) is 4.09. The first-order valence-electron chi connectivity index (χ1n) is 11.6. The fourth-order valence-electron chi connectivity index (χ4n) is 4.84. The second-order valence-corrected chi connectivity index (χ2v) is 9.71. The Kier molecular flexibility index (Phi) is 6.04. The molecule has 170 valence electrons. The summed E-state index contributed by atoms with van der Waals surface area (Å²) < 4.78 is 6.53. The van der Waals surface area contributed by atoms with Crippen LogP contribution in [-0.2, 0) is 0 Å². The van der Waals surface area contributed by atoms with Gasteiger partial charge < -0.3 is 10.1 Å². The fraction of sp³-hybridized carbons (Fsp3) is 0.333. The van der Waals surface area contributed by atoms with E-state index in [2.05, 4.69) is 48.3 Å². The quantitative estimate of drug-likeness (QED) is 0.405. The van der Waals surface area contributed by atoms with Gasteiger partial charge in [-0.05, 0) is 56.6 Å². The minimum absolute atomic E-state index is 0.00854. The molecule has 33 heavy (non-hydrogen) atoms. The molecule has 1 atom stereocenters. The van der Waals surface area contributed by atoms with Gasteiger partial charge in [0.1, 0.15) is 10.6 Å². The largest absolute Gasteiger partial charge is 0.497 e. The Labute approximate surface area is 198 Å². The summed E-state index contributed by atoms with van der Waals surface area (Å²) in [5.41, 5.74) is 4.09. The van der Waals surface area contributed by atoms with Crippen molar-refractivity contribution >= 4 is 38.2 Å². The van der Waals surface area contributed by atoms with Crippen LogP contribution in [0.5, 0.6) is 5.75 Å². The molecule has 0 spiro atoms. The Morgan fingerprint density at radius 3 is 2.79 bits per heavy atom. The smallest absolute Gasteiger partial charge is 0.262 e. The molecule has 1 fully saturated rings. The average Bonchev–Trinajstić information content (AvgIpc) is 3.47. The molecule has 4 aromatic rings. The first-order valence-corrected chi connectivity index (χ1v) is 12.4. The maximum Gasteiger partial charge on any atom is 0.262 e. The van der Waals surface area contributed by atoms with E-state index in [0.717, 1.165) is 62.3 Å². The predicted octanol–water partition coefficient (Wildman–Crippen LogP) is 5.65. The number of carbonyl (C=O) groups excluding carboxylic acids is 1. The summed E-state index contributed by atoms with van der Waals surface area (Å²) in [5.74, 6) is 0.778. The molecule has 0 aliphatic carbocycles. The van der Waals surface area contributed by atoms with Gasteiger partial charge in [-0.2, -0.15) is 0 Å². The highest BCUT2D eigenvalue weighted by atomic mass is 32.1. The second kappa shape index (κ2) is 9.12. The minimum atomic E-state index is -0.00854. The molecule has 0 unspecified atom stereocenters. The molecule has 1 aliphatic heterocycles. The lowest BCUT2D eigenvalue weighted by atomic mass is 10.0. The molecule has 2 aromatic carbocycles. The summed E-state index contributed by atoms with van der Waals surface area (Å²) in [6.07, 6.45) is 4.24. The Bertz CT molecular complexity index is 1310. The molecule has 0 bridgehead atoms. The SMILES string of the molecule is CCN1CCC[C@@H]1CNC(=O)c1sc2c(cnc3ccc(OC)cc32)c1-c1ccc(C)cc1. The Balaban J connectivity index is 1.61. The van der Waals surface area contributed by atoms with Gasteiger partial charge in [0.05, 0.1) is 12.6 Å². The third-order valence-corrected chi connectivity index (χ3v) is 7.91. The van der Waals surface area contributed by atoms with Crippen molar-refractivity contribution in [3.8, 4) is 16.9 Å². The number of carbonyl (C=O) groups is 1. The number of likely N-dealkylation sites (N-methyl/N-ethyl adjacent to an activating group) is 1. The number of likely N-dealkylation sites (tertiary alicyclic amines) is 1. The number of benzene rings is 2. The average molecular weight is 460 g/mol. The van der Waals surface area contributed by atoms with Crippen molar-refractivity contribution in [1.29, 1.82) is 0 Å². The number of rotatable bonds is 6. The van der Waals surface area contributed by atoms with Crippen molar-refractivity contribution in [1.82, 2.24) is 15.2 Å². The monoisotopic (exact) mass is 459 g/mol. The summed E-state index contributed by atoms with van der Waals surface area (Å²) in [4.78, 5) is 21.4. The zero-order valence-corrected chi connectivity index (χ0v) is 20.2. The number of amides is 1. The molecule has 5 rings (SSSR count). The van der Waals surface area contributed by atoms with E-state index < -0.39 is 0 Å². The Hall–Kier alpha value is -2.96. The van der Waals surface area contributed by atoms with Crippen molar-refractivity contribution in [3.63, 3.8) is 0 Å². The van der Waals surface area contributed by atoms with Crippen LogP contribution in [0.2, 0.25) is 0 Å². The van der Waals surface area contributed by atoms with Crippen LogP contribution in [0.4, 0.5) is 0 Å². The molecular formula is C27H29N3O2S. The number of ether oxygens (including phenoxy) is 1. The number of thiophene rings is 1. The molecule has 5 nitrogen and oxygen atoms in total. The molecule has 3 heterocycles. The molecular weight excluding hydrogens is 430 g/mol. The van der Waals surface area contributed by atoms with Crippen molar-refractivity contribution < 1.29 is 9.53 Å². The summed E-state index contributed by atoms with van der Waals surface area (Å²) in [7, 11) is 1.67. The van der Waals surface area contributed by atoms with Gasteiger partial charge in [0.25, 0.3) is 5.91 Å². The first-order chi connectivity index (χ1) is 16.1. The van der Waals surface area contributed by atoms with Crippen molar-refractivity contribution in [2.75, 3.05) is 26.7 Å². The van der Waals surface area contributed by atoms with E-state index >= 15 is 0 Å². The van der Waals surface area contributed by atoms with Crippen molar-refractivity contribution in [3.05, 3.63) is 59.1 Å². The number of pyridine rings is 1. The summed E-state index contributed by atoms with van der Waals surface area (Å²) in [6, 6.07) is 14.7. The van der Waals surface area contributed by atoms with Crippen LogP contribution < -0.4 is 10.1 Å². The molecule has 1 saturated heterocycles. The first kappa shape index (κ1) is 21.9. The van der Waals surface area contributed by atoms with Crippen LogP contribution in [0.15, 0.2) is 48.7 Å². The molecule has 0 saturated carbocycles. The number of aromatic nitrogens is 1. The van der Waals surface area contributed by atoms with Gasteiger partial charge >= 0.3 is 0 Å². The molecule has 1 N–H and O–H groups in total. The maximum atomic E-state index is 13.5. The second-order valence-electron chi connectivity index (χ2n) is 8.69. The zero-order valence-electron chi connectivity index (χ0n) is 19.4. The number of hydrogen-bond donors (Lipinski definition) is 1. The van der Waals surface area contributed by atoms with Crippen LogP contribution in [0.3, 0.4) is 0 Å². The maximum absolute atomic E-state index is 13.5. The molecule has 1 aliphatic rings. The Morgan fingerprint density at radius 2 is 2.03 bits per heavy atom. The number of hydrogen-bond acceptors (Lipinski definition) is 5. The number of fused-ring (bicyclic) bond motifs is 3. The van der Waals surface area contributed by atoms with Gasteiger partial charge in [0.2, 0.25) is 0 Å². The number of methoxy groups -OCH3 is 1. The van der Waals surface area contributed by atoms with Crippen molar-refractivity contribution in [2.24, 2.45) is 0 Å². The normalized spacial score (nSPS) is 16.5. The van der Waals surface area contributed by atoms with E-state index in [1.807, 2.05) is 24.4 Å². The fourth-order valence-corrected chi connectivity index (χ4v) is 6.07. The highest BCUT2D eigenvalue weighted by Crippen LogP contribution is 2.42. The summed E-state index contributed by atoms with van der Waals surface area (Å²) in [6.45, 7) is 7.09. The van der Waals surface area contributed by atoms with Gasteiger partial charge in [0.15, 0.2) is 0 Å². The highest BCUT2D eigenvalue weighted by molar-refractivity contribution is 7.22. The lowest BCUT2D eigenvalue weighted by molar-refractivity contribution is 0.0946. The van der Waals surface area contributed by atoms with Gasteiger partial charge in [-0.25, -0.2) is 0 Å². The van der Waals surface area contributed by atoms with E-state index in [1.165, 1.54) is 12.0 Å². The van der Waals surface area contributed by atoms with E-state index in [0.29, 0.717) is 12.6 Å². The summed E-state index contributed by atoms with van der Waals surface area (Å²) >= 11 is 1.55. The van der Waals surface area contributed by atoms with Crippen molar-refractivity contribution in [2.45, 2.75) is 32.7 Å². The topological polar surface area (TPSA) is 54.5 Å². The van der Waals surface area contributed by atoms with Crippen LogP contribution in [-0.4, -0.2) is 48.6 Å². The van der Waals surface area contributed by atoms with E-state index in [-0.39, 0.29) is 5.91 Å². The van der Waals surface area contributed by atoms with Crippen LogP contribution in [0.1, 0.15) is 35.0 Å². The van der Waals surface area contributed by atoms with Gasteiger partial charge in [-0.1, -0.05) is 36.8 Å². The van der Waals surface area contributed by atoms with E-state index in [9.17, 15) is 4.79 Å². The van der Waals surface area contributed by atoms with Crippen LogP contribution in [0.25, 0.3) is 32.1 Å². The lowest BCUT2D eigenvalue weighted by Gasteiger charge is -2.22. The number of aryl methyl sites for hydroxylation is 1. The van der Waals surface area contributed by atoms with E-state index in [1.54, 1.807) is 18.4 Å². The van der Waals surface area contributed by atoms with E-state index in [4.69, 9.17) is 9.72 Å². The zero-order chi connectivity index (χ0) is 22.9. The third-order valence-electron chi connectivity index (χ3n) is 6.68. The molecule has 6 heteroatoms. The minimum Gasteiger partial charge on any atom is -0.497 e. The molecule has 2 aromatic heterocycles. The molecule has 0 radical (unpaired) electrons. The summed E-state index contributed by atoms with van der Waals surface area (Å²) in [5, 5.41) is 5.26. The van der Waals surface area contributed by atoms with Gasteiger partial charge in [-0.15, -0.1) is 11.3 Å². The number of nitrogens with zero attached hydrogens (tertiary/aromatic N) is 2. The molecule has 1 amide bonds. The standard InChI is InChI=1S/C27H29N3O2S/c1-4-30-13-5-6-19(30)15-29-27(31)26-24(18-9-7-17(2)8-10-18)22-16-28-23-12-11-20(32-3)14-21(23)25(22)33-26/h7-12,14,16,19H,4-6,13,15H2,1-3H3,(H,29,31)/t19-/m1/s1.